The van der Waals surface area contributed by atoms with Gasteiger partial charge in [-0.3, -0.25) is 14.5 Å². The summed E-state index contributed by atoms with van der Waals surface area (Å²) in [5, 5.41) is 10.1. The minimum Gasteiger partial charge on any atom is -0.502 e. The van der Waals surface area contributed by atoms with E-state index in [0.29, 0.717) is 12.0 Å². The lowest BCUT2D eigenvalue weighted by Gasteiger charge is -2.14. The first-order valence-electron chi connectivity index (χ1n) is 7.48. The summed E-state index contributed by atoms with van der Waals surface area (Å²) in [5.74, 6) is -1.53. The highest BCUT2D eigenvalue weighted by Crippen LogP contribution is 2.28. The van der Waals surface area contributed by atoms with E-state index in [2.05, 4.69) is 0 Å². The fourth-order valence-corrected chi connectivity index (χ4v) is 2.63. The van der Waals surface area contributed by atoms with Gasteiger partial charge in [-0.1, -0.05) is 60.2 Å². The van der Waals surface area contributed by atoms with Crippen molar-refractivity contribution in [3.63, 3.8) is 0 Å². The van der Waals surface area contributed by atoms with Crippen LogP contribution in [0.5, 0.6) is 0 Å². The van der Waals surface area contributed by atoms with Crippen LogP contribution in [0.25, 0.3) is 5.57 Å². The van der Waals surface area contributed by atoms with Crippen LogP contribution in [-0.2, 0) is 16.0 Å². The topological polar surface area (TPSA) is 57.6 Å². The number of benzene rings is 2. The molecule has 0 unspecified atom stereocenters. The molecule has 0 saturated heterocycles. The van der Waals surface area contributed by atoms with Crippen LogP contribution in [-0.4, -0.2) is 28.4 Å². The van der Waals surface area contributed by atoms with Gasteiger partial charge in [0.2, 0.25) is 0 Å². The van der Waals surface area contributed by atoms with Gasteiger partial charge in [0.05, 0.1) is 5.57 Å². The molecule has 0 saturated carbocycles. The number of hydrogen-bond donors (Lipinski definition) is 1. The van der Waals surface area contributed by atoms with E-state index in [-0.39, 0.29) is 12.1 Å². The molecule has 0 spiro atoms. The number of hydrogen-bond acceptors (Lipinski definition) is 3. The fraction of sp³-hybridized carbons (Fsp3) is 0.158. The predicted molar refractivity (Wildman–Crippen MR) is 87.6 cm³/mol. The highest BCUT2D eigenvalue weighted by molar-refractivity contribution is 6.34. The van der Waals surface area contributed by atoms with Gasteiger partial charge < -0.3 is 5.11 Å². The Balaban J connectivity index is 1.80. The predicted octanol–water partition coefficient (Wildman–Crippen LogP) is 2.88. The van der Waals surface area contributed by atoms with Gasteiger partial charge in [-0.2, -0.15) is 0 Å². The van der Waals surface area contributed by atoms with E-state index < -0.39 is 17.6 Å². The highest BCUT2D eigenvalue weighted by atomic mass is 16.3. The van der Waals surface area contributed by atoms with Crippen molar-refractivity contribution in [2.45, 2.75) is 13.3 Å². The molecule has 0 fully saturated rings. The highest BCUT2D eigenvalue weighted by Gasteiger charge is 2.38. The summed E-state index contributed by atoms with van der Waals surface area (Å²) in [5.41, 5.74) is 2.74. The standard InChI is InChI=1S/C19H17NO3/c1-13-7-9-15(10-8-13)16-17(21)19(23)20(18(16)22)12-11-14-5-3-2-4-6-14/h2-10,21H,11-12H2,1H3. The summed E-state index contributed by atoms with van der Waals surface area (Å²) in [6.45, 7) is 2.19. The maximum atomic E-state index is 12.5. The van der Waals surface area contributed by atoms with Crippen molar-refractivity contribution in [2.75, 3.05) is 6.54 Å². The number of aryl methyl sites for hydroxylation is 1. The van der Waals surface area contributed by atoms with E-state index in [1.54, 1.807) is 12.1 Å². The second-order valence-electron chi connectivity index (χ2n) is 5.59. The number of aliphatic hydroxyl groups excluding tert-OH is 1. The lowest BCUT2D eigenvalue weighted by Crippen LogP contribution is -2.33. The second-order valence-corrected chi connectivity index (χ2v) is 5.59. The second kappa shape index (κ2) is 6.08. The van der Waals surface area contributed by atoms with Gasteiger partial charge in [0.15, 0.2) is 5.76 Å². The first-order chi connectivity index (χ1) is 11.1. The third-order valence-corrected chi connectivity index (χ3v) is 3.95. The first kappa shape index (κ1) is 15.0. The molecule has 2 aromatic carbocycles. The maximum absolute atomic E-state index is 12.5. The van der Waals surface area contributed by atoms with Gasteiger partial charge in [0, 0.05) is 6.54 Å². The quantitative estimate of drug-likeness (QED) is 0.884. The molecule has 0 atom stereocenters. The number of nitrogens with zero attached hydrogens (tertiary/aromatic N) is 1. The number of carbonyl (C=O) groups is 2. The molecule has 0 bridgehead atoms. The molecule has 3 rings (SSSR count). The first-order valence-corrected chi connectivity index (χ1v) is 7.48. The molecular weight excluding hydrogens is 290 g/mol. The van der Waals surface area contributed by atoms with E-state index >= 15 is 0 Å². The fourth-order valence-electron chi connectivity index (χ4n) is 2.63. The zero-order valence-electron chi connectivity index (χ0n) is 12.8. The van der Waals surface area contributed by atoms with Crippen molar-refractivity contribution in [1.29, 1.82) is 0 Å². The van der Waals surface area contributed by atoms with E-state index in [0.717, 1.165) is 16.0 Å². The van der Waals surface area contributed by atoms with Gasteiger partial charge in [-0.25, -0.2) is 0 Å². The van der Waals surface area contributed by atoms with Gasteiger partial charge in [-0.15, -0.1) is 0 Å². The minimum absolute atomic E-state index is 0.0862. The Morgan fingerprint density at radius 2 is 1.57 bits per heavy atom. The number of amides is 2. The molecule has 0 radical (unpaired) electrons. The average Bonchev–Trinajstić information content (AvgIpc) is 2.78. The Bertz CT molecular complexity index is 776. The number of carbonyl (C=O) groups excluding carboxylic acids is 2. The van der Waals surface area contributed by atoms with Crippen LogP contribution < -0.4 is 0 Å². The Morgan fingerprint density at radius 3 is 2.22 bits per heavy atom. The Kier molecular flexibility index (Phi) is 3.98. The Labute approximate surface area is 134 Å². The van der Waals surface area contributed by atoms with Gasteiger partial charge in [0.1, 0.15) is 0 Å². The lowest BCUT2D eigenvalue weighted by atomic mass is 10.0. The Hall–Kier alpha value is -2.88. The monoisotopic (exact) mass is 307 g/mol. The van der Waals surface area contributed by atoms with Crippen LogP contribution in [0, 0.1) is 6.92 Å². The summed E-state index contributed by atoms with van der Waals surface area (Å²) in [4.78, 5) is 25.8. The van der Waals surface area contributed by atoms with Gasteiger partial charge in [0.25, 0.3) is 11.8 Å². The number of rotatable bonds is 4. The van der Waals surface area contributed by atoms with E-state index in [1.807, 2.05) is 49.4 Å². The lowest BCUT2D eigenvalue weighted by molar-refractivity contribution is -0.138. The molecule has 0 aliphatic carbocycles. The van der Waals surface area contributed by atoms with Crippen molar-refractivity contribution in [2.24, 2.45) is 0 Å². The Morgan fingerprint density at radius 1 is 0.913 bits per heavy atom. The number of imide groups is 1. The minimum atomic E-state index is -0.624. The van der Waals surface area contributed by atoms with Crippen molar-refractivity contribution in [3.05, 3.63) is 77.0 Å². The summed E-state index contributed by atoms with van der Waals surface area (Å²) >= 11 is 0. The zero-order chi connectivity index (χ0) is 16.4. The van der Waals surface area contributed by atoms with Crippen molar-refractivity contribution >= 4 is 17.4 Å². The van der Waals surface area contributed by atoms with Crippen molar-refractivity contribution in [3.8, 4) is 0 Å². The normalized spacial score (nSPS) is 14.7. The van der Waals surface area contributed by atoms with Crippen molar-refractivity contribution < 1.29 is 14.7 Å². The molecule has 1 heterocycles. The molecule has 1 aliphatic heterocycles. The van der Waals surface area contributed by atoms with E-state index in [1.165, 1.54) is 0 Å². The average molecular weight is 307 g/mol. The van der Waals surface area contributed by atoms with Crippen LogP contribution in [0.4, 0.5) is 0 Å². The van der Waals surface area contributed by atoms with Crippen LogP contribution >= 0.6 is 0 Å². The molecule has 1 aliphatic rings. The zero-order valence-corrected chi connectivity index (χ0v) is 12.8. The van der Waals surface area contributed by atoms with Crippen LogP contribution in [0.3, 0.4) is 0 Å². The molecule has 23 heavy (non-hydrogen) atoms. The maximum Gasteiger partial charge on any atom is 0.296 e. The van der Waals surface area contributed by atoms with Gasteiger partial charge >= 0.3 is 0 Å². The van der Waals surface area contributed by atoms with Gasteiger partial charge in [-0.05, 0) is 24.5 Å². The SMILES string of the molecule is Cc1ccc(C2=C(O)C(=O)N(CCc3ccccc3)C2=O)cc1. The van der Waals surface area contributed by atoms with Crippen LogP contribution in [0.2, 0.25) is 0 Å². The smallest absolute Gasteiger partial charge is 0.296 e. The molecule has 1 N–H and O–H groups in total. The van der Waals surface area contributed by atoms with Crippen LogP contribution in [0.1, 0.15) is 16.7 Å². The molecule has 116 valence electrons. The largest absolute Gasteiger partial charge is 0.502 e. The number of aliphatic hydroxyl groups is 1. The molecule has 0 aromatic heterocycles. The third-order valence-electron chi connectivity index (χ3n) is 3.95. The summed E-state index contributed by atoms with van der Waals surface area (Å²) in [6.07, 6.45) is 0.562. The molecule has 4 heteroatoms. The van der Waals surface area contributed by atoms with E-state index in [9.17, 15) is 14.7 Å². The molecule has 2 aromatic rings. The molecule has 2 amide bonds. The molecular formula is C19H17NO3. The van der Waals surface area contributed by atoms with Crippen LogP contribution in [0.15, 0.2) is 60.4 Å². The summed E-state index contributed by atoms with van der Waals surface area (Å²) in [7, 11) is 0. The third kappa shape index (κ3) is 2.88. The summed E-state index contributed by atoms with van der Waals surface area (Å²) in [6, 6.07) is 16.8. The van der Waals surface area contributed by atoms with E-state index in [4.69, 9.17) is 0 Å². The van der Waals surface area contributed by atoms with Crippen molar-refractivity contribution in [1.82, 2.24) is 4.90 Å². The molecule has 4 nitrogen and oxygen atoms in total. The summed E-state index contributed by atoms with van der Waals surface area (Å²) < 4.78 is 0.